The van der Waals surface area contributed by atoms with Gasteiger partial charge in [0.1, 0.15) is 5.75 Å². The number of para-hydroxylation sites is 1. The first-order valence-corrected chi connectivity index (χ1v) is 9.22. The predicted octanol–water partition coefficient (Wildman–Crippen LogP) is 1.07. The number of aliphatic hydroxyl groups excluding tert-OH is 1. The number of carbonyl (C=O) groups is 2. The summed E-state index contributed by atoms with van der Waals surface area (Å²) in [5.74, 6) is 1.67. The lowest BCUT2D eigenvalue weighted by atomic mass is 9.72. The summed E-state index contributed by atoms with van der Waals surface area (Å²) >= 11 is 0. The van der Waals surface area contributed by atoms with E-state index in [0.717, 1.165) is 0 Å². The lowest BCUT2D eigenvalue weighted by Crippen LogP contribution is -2.53. The highest BCUT2D eigenvalue weighted by Gasteiger charge is 2.37. The lowest BCUT2D eigenvalue weighted by molar-refractivity contribution is -0.209. The van der Waals surface area contributed by atoms with Gasteiger partial charge in [0, 0.05) is 18.4 Å². The van der Waals surface area contributed by atoms with Crippen LogP contribution in [0.1, 0.15) is 44.1 Å². The van der Waals surface area contributed by atoms with Crippen LogP contribution in [-0.4, -0.2) is 48.1 Å². The number of terminal acetylenes is 1. The highest BCUT2D eigenvalue weighted by Crippen LogP contribution is 2.34. The summed E-state index contributed by atoms with van der Waals surface area (Å²) in [7, 11) is -1.32. The van der Waals surface area contributed by atoms with Gasteiger partial charge in [-0.15, -0.1) is 12.3 Å². The minimum atomic E-state index is -1.48. The molecule has 1 aliphatic rings. The Bertz CT molecular complexity index is 765. The van der Waals surface area contributed by atoms with E-state index in [2.05, 4.69) is 16.0 Å². The maximum atomic E-state index is 11.9. The van der Waals surface area contributed by atoms with E-state index in [0.29, 0.717) is 12.0 Å². The average molecular weight is 405 g/mol. The zero-order valence-electron chi connectivity index (χ0n) is 16.3. The molecule has 3 atom stereocenters. The average Bonchev–Trinajstić information content (AvgIpc) is 2.66. The van der Waals surface area contributed by atoms with Gasteiger partial charge in [0.2, 0.25) is 12.2 Å². The van der Waals surface area contributed by atoms with Crippen molar-refractivity contribution in [3.05, 3.63) is 29.3 Å². The van der Waals surface area contributed by atoms with E-state index in [1.807, 2.05) is 0 Å². The number of benzene rings is 1. The van der Waals surface area contributed by atoms with Crippen LogP contribution in [0.4, 0.5) is 4.79 Å². The molecule has 0 saturated carbocycles. The fourth-order valence-corrected chi connectivity index (χ4v) is 2.80. The molecule has 10 heteroatoms. The smallest absolute Gasteiger partial charge is 0.534 e. The second-order valence-corrected chi connectivity index (χ2v) is 6.28. The van der Waals surface area contributed by atoms with Gasteiger partial charge >= 0.3 is 13.3 Å². The summed E-state index contributed by atoms with van der Waals surface area (Å²) in [5.41, 5.74) is 0.912. The van der Waals surface area contributed by atoms with Crippen molar-refractivity contribution >= 4 is 19.2 Å². The number of aliphatic hydroxyl groups is 1. The van der Waals surface area contributed by atoms with Crippen LogP contribution in [0.15, 0.2) is 18.2 Å². The molecule has 1 heterocycles. The zero-order chi connectivity index (χ0) is 21.4. The van der Waals surface area contributed by atoms with Gasteiger partial charge in [-0.3, -0.25) is 4.79 Å². The van der Waals surface area contributed by atoms with Crippen molar-refractivity contribution in [3.63, 3.8) is 0 Å². The van der Waals surface area contributed by atoms with Gasteiger partial charge in [-0.05, 0) is 25.8 Å². The molecule has 29 heavy (non-hydrogen) atoms. The van der Waals surface area contributed by atoms with E-state index in [9.17, 15) is 19.7 Å². The SMILES string of the molecule is C#CCCC(=O)N[C@H]1Cc2cccc(C(O)OC(C)OC(=O)OCC)c2OB1O. The minimum Gasteiger partial charge on any atom is -0.534 e. The van der Waals surface area contributed by atoms with E-state index in [-0.39, 0.29) is 36.7 Å². The number of hydrogen-bond donors (Lipinski definition) is 3. The maximum Gasteiger partial charge on any atom is 0.547 e. The quantitative estimate of drug-likeness (QED) is 0.254. The molecule has 2 unspecified atom stereocenters. The van der Waals surface area contributed by atoms with E-state index >= 15 is 0 Å². The standard InChI is InChI=1S/C19H24BNO8/c1-4-6-10-16(22)21-15-11-13-8-7-9-14(17(13)29-20(15)25)18(23)27-12(3)28-19(24)26-5-2/h1,7-9,12,15,18,23,25H,5-6,10-11H2,2-3H3,(H,21,22)/t12?,15-,18?/m0/s1. The third kappa shape index (κ3) is 6.39. The number of fused-ring (bicyclic) bond motifs is 1. The molecule has 0 bridgehead atoms. The molecule has 3 N–H and O–H groups in total. The van der Waals surface area contributed by atoms with Crippen LogP contribution in [0.25, 0.3) is 0 Å². The molecule has 156 valence electrons. The van der Waals surface area contributed by atoms with Gasteiger partial charge in [0.25, 0.3) is 0 Å². The van der Waals surface area contributed by atoms with E-state index in [1.165, 1.54) is 6.92 Å². The zero-order valence-corrected chi connectivity index (χ0v) is 16.3. The van der Waals surface area contributed by atoms with Gasteiger partial charge in [-0.25, -0.2) is 4.79 Å². The number of nitrogens with one attached hydrogen (secondary N) is 1. The summed E-state index contributed by atoms with van der Waals surface area (Å²) in [6.07, 6.45) is 2.39. The van der Waals surface area contributed by atoms with Crippen LogP contribution in [-0.2, 0) is 25.4 Å². The molecular weight excluding hydrogens is 381 g/mol. The summed E-state index contributed by atoms with van der Waals surface area (Å²) in [6, 6.07) is 4.98. The topological polar surface area (TPSA) is 124 Å². The minimum absolute atomic E-state index is 0.145. The number of rotatable bonds is 8. The Morgan fingerprint density at radius 1 is 1.48 bits per heavy atom. The Labute approximate surface area is 169 Å². The molecule has 1 aromatic rings. The van der Waals surface area contributed by atoms with Gasteiger partial charge < -0.3 is 34.3 Å². The highest BCUT2D eigenvalue weighted by molar-refractivity contribution is 6.46. The Morgan fingerprint density at radius 2 is 2.24 bits per heavy atom. The maximum absolute atomic E-state index is 11.9. The highest BCUT2D eigenvalue weighted by atomic mass is 16.8. The van der Waals surface area contributed by atoms with Crippen LogP contribution in [0, 0.1) is 12.3 Å². The molecule has 1 aliphatic heterocycles. The number of ether oxygens (including phenoxy) is 3. The Kier molecular flexibility index (Phi) is 8.33. The molecule has 1 aromatic carbocycles. The van der Waals surface area contributed by atoms with E-state index < -0.39 is 31.8 Å². The third-order valence-electron chi connectivity index (χ3n) is 4.10. The van der Waals surface area contributed by atoms with Crippen molar-refractivity contribution in [3.8, 4) is 18.1 Å². The van der Waals surface area contributed by atoms with Crippen LogP contribution in [0.2, 0.25) is 0 Å². The fourth-order valence-electron chi connectivity index (χ4n) is 2.80. The Balaban J connectivity index is 2.05. The van der Waals surface area contributed by atoms with Crippen molar-refractivity contribution in [2.24, 2.45) is 0 Å². The largest absolute Gasteiger partial charge is 0.547 e. The predicted molar refractivity (Wildman–Crippen MR) is 102 cm³/mol. The molecule has 0 saturated heterocycles. The van der Waals surface area contributed by atoms with Crippen LogP contribution < -0.4 is 9.97 Å². The van der Waals surface area contributed by atoms with Gasteiger partial charge in [-0.2, -0.15) is 0 Å². The first-order valence-electron chi connectivity index (χ1n) is 9.22. The number of carbonyl (C=O) groups excluding carboxylic acids is 2. The second-order valence-electron chi connectivity index (χ2n) is 6.28. The summed E-state index contributed by atoms with van der Waals surface area (Å²) < 4.78 is 20.3. The fraction of sp³-hybridized carbons (Fsp3) is 0.474. The van der Waals surface area contributed by atoms with Crippen LogP contribution in [0.3, 0.4) is 0 Å². The van der Waals surface area contributed by atoms with Gasteiger partial charge in [0.05, 0.1) is 12.5 Å². The monoisotopic (exact) mass is 405 g/mol. The molecular formula is C19H24BNO8. The van der Waals surface area contributed by atoms with Crippen molar-refractivity contribution in [1.29, 1.82) is 0 Å². The number of hydrogen-bond acceptors (Lipinski definition) is 8. The third-order valence-corrected chi connectivity index (χ3v) is 4.10. The number of amides is 1. The Hall–Kier alpha value is -2.74. The summed E-state index contributed by atoms with van der Waals surface area (Å²) in [6.45, 7) is 3.20. The van der Waals surface area contributed by atoms with Gasteiger partial charge in [0.15, 0.2) is 6.29 Å². The normalized spacial score (nSPS) is 17.2. The van der Waals surface area contributed by atoms with Crippen molar-refractivity contribution in [2.75, 3.05) is 6.61 Å². The van der Waals surface area contributed by atoms with Crippen LogP contribution >= 0.6 is 0 Å². The lowest BCUT2D eigenvalue weighted by Gasteiger charge is -2.30. The van der Waals surface area contributed by atoms with E-state index in [1.54, 1.807) is 25.1 Å². The second kappa shape index (κ2) is 10.7. The molecule has 0 aliphatic carbocycles. The first-order chi connectivity index (χ1) is 13.8. The Morgan fingerprint density at radius 3 is 2.93 bits per heavy atom. The molecule has 0 fully saturated rings. The molecule has 0 spiro atoms. The molecule has 9 nitrogen and oxygen atoms in total. The van der Waals surface area contributed by atoms with Crippen molar-refractivity contribution < 1.29 is 38.6 Å². The summed E-state index contributed by atoms with van der Waals surface area (Å²) in [4.78, 5) is 23.2. The van der Waals surface area contributed by atoms with Crippen molar-refractivity contribution in [2.45, 2.75) is 51.6 Å². The molecule has 1 amide bonds. The van der Waals surface area contributed by atoms with Gasteiger partial charge in [-0.1, -0.05) is 18.2 Å². The summed E-state index contributed by atoms with van der Waals surface area (Å²) in [5, 5.41) is 23.3. The van der Waals surface area contributed by atoms with Crippen LogP contribution in [0.5, 0.6) is 5.75 Å². The molecule has 2 rings (SSSR count). The van der Waals surface area contributed by atoms with Crippen molar-refractivity contribution in [1.82, 2.24) is 5.32 Å². The molecule has 0 aromatic heterocycles. The van der Waals surface area contributed by atoms with E-state index in [4.69, 9.17) is 20.6 Å². The first kappa shape index (κ1) is 22.6. The molecule has 0 radical (unpaired) electrons.